The number of fused-ring (bicyclic) bond motifs is 2. The van der Waals surface area contributed by atoms with Gasteiger partial charge in [-0.3, -0.25) is 4.79 Å². The molecule has 4 rings (SSSR count). The van der Waals surface area contributed by atoms with Crippen molar-refractivity contribution in [3.05, 3.63) is 0 Å². The number of carbonyl (C=O) groups is 1. The van der Waals surface area contributed by atoms with Gasteiger partial charge in [0.15, 0.2) is 0 Å². The molecule has 4 unspecified atom stereocenters. The van der Waals surface area contributed by atoms with Gasteiger partial charge in [-0.15, -0.1) is 0 Å². The van der Waals surface area contributed by atoms with E-state index in [4.69, 9.17) is 4.74 Å². The molecule has 1 amide bonds. The van der Waals surface area contributed by atoms with Gasteiger partial charge in [-0.1, -0.05) is 0 Å². The van der Waals surface area contributed by atoms with Crippen LogP contribution in [0.4, 0.5) is 0 Å². The van der Waals surface area contributed by atoms with Gasteiger partial charge in [0.1, 0.15) is 0 Å². The van der Waals surface area contributed by atoms with E-state index in [-0.39, 0.29) is 17.1 Å². The van der Waals surface area contributed by atoms with Crippen LogP contribution in [0.1, 0.15) is 40.5 Å². The maximum absolute atomic E-state index is 11.5. The molecule has 3 nitrogen and oxygen atoms in total. The van der Waals surface area contributed by atoms with E-state index < -0.39 is 0 Å². The lowest BCUT2D eigenvalue weighted by atomic mass is 9.69. The molecule has 0 radical (unpaired) electrons. The van der Waals surface area contributed by atoms with Crippen molar-refractivity contribution in [2.75, 3.05) is 0 Å². The van der Waals surface area contributed by atoms with Gasteiger partial charge in [0.25, 0.3) is 0 Å². The maximum atomic E-state index is 11.5. The lowest BCUT2D eigenvalue weighted by Gasteiger charge is -2.51. The molecular formula is C12H19NO2. The van der Waals surface area contributed by atoms with Crippen LogP contribution in [0.5, 0.6) is 0 Å². The van der Waals surface area contributed by atoms with Crippen molar-refractivity contribution >= 4 is 5.91 Å². The second kappa shape index (κ2) is 2.40. The minimum atomic E-state index is -0.0887. The maximum Gasteiger partial charge on any atom is 0.220 e. The third-order valence-electron chi connectivity index (χ3n) is 4.60. The zero-order valence-corrected chi connectivity index (χ0v) is 9.91. The number of ether oxygens (including phenoxy) is 1. The summed E-state index contributed by atoms with van der Waals surface area (Å²) >= 11 is 0. The number of hydrogen-bond acceptors (Lipinski definition) is 2. The van der Waals surface area contributed by atoms with E-state index >= 15 is 0 Å². The molecule has 0 aromatic carbocycles. The van der Waals surface area contributed by atoms with Crippen molar-refractivity contribution in [3.63, 3.8) is 0 Å². The van der Waals surface area contributed by atoms with E-state index in [1.807, 2.05) is 4.90 Å². The monoisotopic (exact) mass is 209 g/mol. The van der Waals surface area contributed by atoms with Crippen LogP contribution in [0.25, 0.3) is 0 Å². The highest BCUT2D eigenvalue weighted by Crippen LogP contribution is 2.60. The molecule has 1 saturated carbocycles. The van der Waals surface area contributed by atoms with Crippen LogP contribution < -0.4 is 0 Å². The van der Waals surface area contributed by atoms with Crippen molar-refractivity contribution in [2.45, 2.75) is 63.8 Å². The molecule has 84 valence electrons. The molecule has 1 aliphatic carbocycles. The Bertz CT molecular complexity index is 339. The Morgan fingerprint density at radius 3 is 2.60 bits per heavy atom. The lowest BCUT2D eigenvalue weighted by Crippen LogP contribution is -2.58. The third-order valence-corrected chi connectivity index (χ3v) is 4.60. The summed E-state index contributed by atoms with van der Waals surface area (Å²) in [6.45, 7) is 8.18. The fourth-order valence-corrected chi connectivity index (χ4v) is 4.03. The van der Waals surface area contributed by atoms with Crippen LogP contribution in [-0.4, -0.2) is 34.1 Å². The van der Waals surface area contributed by atoms with Gasteiger partial charge >= 0.3 is 0 Å². The predicted octanol–water partition coefficient (Wildman–Crippen LogP) is 1.56. The van der Waals surface area contributed by atoms with E-state index in [1.165, 1.54) is 6.42 Å². The first-order chi connectivity index (χ1) is 6.87. The smallest absolute Gasteiger partial charge is 0.220 e. The fraction of sp³-hybridized carbons (Fsp3) is 0.917. The van der Waals surface area contributed by atoms with Gasteiger partial charge < -0.3 is 9.64 Å². The average molecular weight is 209 g/mol. The number of amides is 1. The largest absolute Gasteiger partial charge is 0.367 e. The van der Waals surface area contributed by atoms with Gasteiger partial charge in [0.2, 0.25) is 5.91 Å². The number of nitrogens with zero attached hydrogens (tertiary/aromatic N) is 1. The van der Waals surface area contributed by atoms with Crippen LogP contribution in [0.15, 0.2) is 0 Å². The topological polar surface area (TPSA) is 29.3 Å². The molecule has 0 spiro atoms. The highest BCUT2D eigenvalue weighted by atomic mass is 16.5. The summed E-state index contributed by atoms with van der Waals surface area (Å²) in [4.78, 5) is 13.5. The highest BCUT2D eigenvalue weighted by Gasteiger charge is 2.72. The SMILES string of the molecule is CC(=O)N1C2C3CCC(C)(OC3(C)C)C21. The quantitative estimate of drug-likeness (QED) is 0.567. The van der Waals surface area contributed by atoms with Crippen LogP contribution in [0.2, 0.25) is 0 Å². The zero-order chi connectivity index (χ0) is 11.0. The van der Waals surface area contributed by atoms with Gasteiger partial charge in [-0.05, 0) is 33.6 Å². The first kappa shape index (κ1) is 9.64. The summed E-state index contributed by atoms with van der Waals surface area (Å²) in [5, 5.41) is 0. The predicted molar refractivity (Wildman–Crippen MR) is 56.4 cm³/mol. The van der Waals surface area contributed by atoms with E-state index in [1.54, 1.807) is 6.92 Å². The molecular weight excluding hydrogens is 190 g/mol. The first-order valence-corrected chi connectivity index (χ1v) is 5.86. The summed E-state index contributed by atoms with van der Waals surface area (Å²) in [5.41, 5.74) is -0.146. The highest BCUT2D eigenvalue weighted by molar-refractivity contribution is 5.78. The van der Waals surface area contributed by atoms with Crippen molar-refractivity contribution in [3.8, 4) is 0 Å². The first-order valence-electron chi connectivity index (χ1n) is 5.86. The summed E-state index contributed by atoms with van der Waals surface area (Å²) in [6, 6.07) is 0.826. The van der Waals surface area contributed by atoms with Crippen LogP contribution in [0.3, 0.4) is 0 Å². The summed E-state index contributed by atoms with van der Waals surface area (Å²) in [6.07, 6.45) is 2.31. The van der Waals surface area contributed by atoms with E-state index in [2.05, 4.69) is 20.8 Å². The summed E-state index contributed by atoms with van der Waals surface area (Å²) in [7, 11) is 0. The second-order valence-corrected chi connectivity index (χ2v) is 6.03. The molecule has 4 fully saturated rings. The summed E-state index contributed by atoms with van der Waals surface area (Å²) < 4.78 is 6.20. The normalized spacial score (nSPS) is 50.1. The minimum Gasteiger partial charge on any atom is -0.367 e. The van der Waals surface area contributed by atoms with Gasteiger partial charge in [0.05, 0.1) is 23.3 Å². The summed E-state index contributed by atoms with van der Waals surface area (Å²) in [5.74, 6) is 0.748. The molecule has 3 aliphatic heterocycles. The molecule has 0 N–H and O–H groups in total. The van der Waals surface area contributed by atoms with E-state index in [0.717, 1.165) is 6.42 Å². The molecule has 4 aliphatic rings. The Labute approximate surface area is 90.8 Å². The Balaban J connectivity index is 1.98. The van der Waals surface area contributed by atoms with E-state index in [0.29, 0.717) is 18.0 Å². The molecule has 0 aromatic rings. The van der Waals surface area contributed by atoms with Gasteiger partial charge in [0, 0.05) is 12.8 Å². The molecule has 15 heavy (non-hydrogen) atoms. The molecule has 3 heterocycles. The van der Waals surface area contributed by atoms with Crippen LogP contribution >= 0.6 is 0 Å². The molecule has 2 bridgehead atoms. The van der Waals surface area contributed by atoms with Crippen molar-refractivity contribution in [2.24, 2.45) is 5.92 Å². The standard InChI is InChI=1S/C12H19NO2/c1-7(14)13-9-8-5-6-12(4,10(9)13)15-11(8,2)3/h8-10H,5-6H2,1-4H3. The van der Waals surface area contributed by atoms with Gasteiger partial charge in [-0.2, -0.15) is 0 Å². The Morgan fingerprint density at radius 1 is 1.40 bits per heavy atom. The Morgan fingerprint density at radius 2 is 2.07 bits per heavy atom. The van der Waals surface area contributed by atoms with Crippen LogP contribution in [-0.2, 0) is 9.53 Å². The fourth-order valence-electron chi connectivity index (χ4n) is 4.03. The van der Waals surface area contributed by atoms with Crippen LogP contribution in [0, 0.1) is 5.92 Å². The number of carbonyl (C=O) groups excluding carboxylic acids is 1. The Hall–Kier alpha value is -0.570. The number of likely N-dealkylation sites (tertiary alicyclic amines) is 1. The molecule has 4 atom stereocenters. The molecule has 3 saturated heterocycles. The number of rotatable bonds is 0. The Kier molecular flexibility index (Phi) is 1.54. The lowest BCUT2D eigenvalue weighted by molar-refractivity contribution is -0.214. The molecule has 3 heteroatoms. The number of hydrogen-bond donors (Lipinski definition) is 0. The van der Waals surface area contributed by atoms with Crippen molar-refractivity contribution in [1.82, 2.24) is 4.90 Å². The minimum absolute atomic E-state index is 0.0572. The van der Waals surface area contributed by atoms with Crippen molar-refractivity contribution < 1.29 is 9.53 Å². The third kappa shape index (κ3) is 1.02. The second-order valence-electron chi connectivity index (χ2n) is 6.03. The van der Waals surface area contributed by atoms with Crippen molar-refractivity contribution in [1.29, 1.82) is 0 Å². The van der Waals surface area contributed by atoms with Gasteiger partial charge in [-0.25, -0.2) is 0 Å². The average Bonchev–Trinajstić information content (AvgIpc) is 2.76. The zero-order valence-electron chi connectivity index (χ0n) is 9.91. The van der Waals surface area contributed by atoms with E-state index in [9.17, 15) is 4.79 Å². The molecule has 0 aromatic heterocycles.